The first-order valence-corrected chi connectivity index (χ1v) is 8.78. The van der Waals surface area contributed by atoms with Crippen LogP contribution in [0.2, 0.25) is 5.02 Å². The first-order chi connectivity index (χ1) is 13.3. The Morgan fingerprint density at radius 2 is 2.04 bits per heavy atom. The van der Waals surface area contributed by atoms with Gasteiger partial charge >= 0.3 is 6.18 Å². The van der Waals surface area contributed by atoms with Gasteiger partial charge in [0, 0.05) is 0 Å². The molecule has 2 atom stereocenters. The van der Waals surface area contributed by atoms with Crippen molar-refractivity contribution in [3.05, 3.63) is 71.3 Å². The van der Waals surface area contributed by atoms with E-state index in [1.165, 1.54) is 29.5 Å². The van der Waals surface area contributed by atoms with Gasteiger partial charge in [-0.2, -0.15) is 18.3 Å². The Balaban J connectivity index is 1.62. The number of para-hydroxylation sites is 1. The molecule has 1 saturated heterocycles. The summed E-state index contributed by atoms with van der Waals surface area (Å²) in [6.45, 7) is 2.04. The van der Waals surface area contributed by atoms with E-state index >= 15 is 0 Å². The lowest BCUT2D eigenvalue weighted by molar-refractivity contribution is -0.138. The number of hydrogen-bond acceptors (Lipinski definition) is 4. The summed E-state index contributed by atoms with van der Waals surface area (Å²) in [6.07, 6.45) is -2.41. The van der Waals surface area contributed by atoms with Gasteiger partial charge in [0.15, 0.2) is 0 Å². The van der Waals surface area contributed by atoms with Gasteiger partial charge in [0.25, 0.3) is 0 Å². The molecule has 2 heterocycles. The van der Waals surface area contributed by atoms with Crippen LogP contribution in [-0.4, -0.2) is 20.4 Å². The van der Waals surface area contributed by atoms with Gasteiger partial charge in [0.1, 0.15) is 35.9 Å². The minimum absolute atomic E-state index is 0.0443. The zero-order valence-electron chi connectivity index (χ0n) is 14.7. The minimum atomic E-state index is -4.56. The van der Waals surface area contributed by atoms with E-state index in [0.29, 0.717) is 11.6 Å². The van der Waals surface area contributed by atoms with Gasteiger partial charge in [0.05, 0.1) is 17.1 Å². The smallest absolute Gasteiger partial charge is 0.416 e. The highest BCUT2D eigenvalue weighted by molar-refractivity contribution is 6.32. The molecule has 0 bridgehead atoms. The Kier molecular flexibility index (Phi) is 4.55. The average molecular weight is 410 g/mol. The summed E-state index contributed by atoms with van der Waals surface area (Å²) in [5.74, 6) is 0.325. The molecule has 1 aliphatic heterocycles. The second-order valence-corrected chi connectivity index (χ2v) is 7.09. The van der Waals surface area contributed by atoms with E-state index < -0.39 is 23.4 Å². The zero-order valence-corrected chi connectivity index (χ0v) is 15.4. The van der Waals surface area contributed by atoms with Crippen LogP contribution in [0, 0.1) is 0 Å². The largest absolute Gasteiger partial charge is 0.456 e. The maximum Gasteiger partial charge on any atom is 0.416 e. The summed E-state index contributed by atoms with van der Waals surface area (Å²) in [5.41, 5.74) is -1.54. The number of rotatable bonds is 5. The van der Waals surface area contributed by atoms with Gasteiger partial charge in [-0.15, -0.1) is 0 Å². The molecule has 0 radical (unpaired) electrons. The number of ether oxygens (including phenoxy) is 2. The lowest BCUT2D eigenvalue weighted by atomic mass is 9.96. The number of hydrogen-bond donors (Lipinski definition) is 0. The molecule has 9 heteroatoms. The molecule has 1 fully saturated rings. The summed E-state index contributed by atoms with van der Waals surface area (Å²) in [5, 5.41) is 4.29. The first-order valence-electron chi connectivity index (χ1n) is 8.40. The van der Waals surface area contributed by atoms with Crippen LogP contribution < -0.4 is 4.74 Å². The maximum absolute atomic E-state index is 13.7. The van der Waals surface area contributed by atoms with Crippen LogP contribution >= 0.6 is 11.6 Å². The molecule has 3 aromatic rings. The van der Waals surface area contributed by atoms with Crippen molar-refractivity contribution in [2.75, 3.05) is 0 Å². The van der Waals surface area contributed by atoms with E-state index in [1.54, 1.807) is 31.2 Å². The lowest BCUT2D eigenvalue weighted by Gasteiger charge is -2.15. The van der Waals surface area contributed by atoms with Crippen molar-refractivity contribution in [1.82, 2.24) is 14.8 Å². The zero-order chi connectivity index (χ0) is 19.9. The lowest BCUT2D eigenvalue weighted by Crippen LogP contribution is -2.18. The molecular weight excluding hydrogens is 395 g/mol. The molecule has 1 aliphatic rings. The third-order valence-corrected chi connectivity index (χ3v) is 4.82. The number of halogens is 4. The van der Waals surface area contributed by atoms with Crippen molar-refractivity contribution in [3.63, 3.8) is 0 Å². The molecular formula is C19H15ClF3N3O2. The van der Waals surface area contributed by atoms with Crippen LogP contribution in [0.4, 0.5) is 13.2 Å². The van der Waals surface area contributed by atoms with Crippen LogP contribution in [0.1, 0.15) is 24.2 Å². The Bertz CT molecular complexity index is 994. The molecule has 1 aromatic heterocycles. The maximum atomic E-state index is 13.7. The Labute approximate surface area is 163 Å². The second kappa shape index (κ2) is 6.79. The quantitative estimate of drug-likeness (QED) is 0.538. The number of aromatic nitrogens is 3. The molecule has 2 aromatic carbocycles. The van der Waals surface area contributed by atoms with E-state index in [2.05, 4.69) is 10.1 Å². The van der Waals surface area contributed by atoms with Crippen molar-refractivity contribution in [2.24, 2.45) is 0 Å². The number of nitrogens with zero attached hydrogens (tertiary/aromatic N) is 3. The summed E-state index contributed by atoms with van der Waals surface area (Å²) in [6, 6.07) is 10.4. The summed E-state index contributed by atoms with van der Waals surface area (Å²) >= 11 is 6.02. The van der Waals surface area contributed by atoms with Gasteiger partial charge in [-0.3, -0.25) is 0 Å². The fourth-order valence-electron chi connectivity index (χ4n) is 3.11. The van der Waals surface area contributed by atoms with Crippen LogP contribution in [-0.2, 0) is 17.5 Å². The summed E-state index contributed by atoms with van der Waals surface area (Å²) in [4.78, 5) is 3.84. The number of epoxide rings is 1. The van der Waals surface area contributed by atoms with Crippen LogP contribution in [0.15, 0.2) is 55.1 Å². The highest BCUT2D eigenvalue weighted by atomic mass is 35.5. The van der Waals surface area contributed by atoms with Crippen LogP contribution in [0.25, 0.3) is 0 Å². The molecule has 0 aliphatic carbocycles. The normalized spacial score (nSPS) is 21.5. The number of benzene rings is 2. The third-order valence-electron chi connectivity index (χ3n) is 4.50. The average Bonchev–Trinajstić information content (AvgIpc) is 3.03. The fraction of sp³-hybridized carbons (Fsp3) is 0.263. The van der Waals surface area contributed by atoms with Crippen molar-refractivity contribution < 1.29 is 22.6 Å². The van der Waals surface area contributed by atoms with Gasteiger partial charge in [-0.05, 0) is 36.8 Å². The predicted molar refractivity (Wildman–Crippen MR) is 95.2 cm³/mol. The summed E-state index contributed by atoms with van der Waals surface area (Å²) < 4.78 is 53.8. The highest BCUT2D eigenvalue weighted by Gasteiger charge is 2.56. The molecule has 4 rings (SSSR count). The van der Waals surface area contributed by atoms with E-state index in [-0.39, 0.29) is 17.1 Å². The van der Waals surface area contributed by atoms with Crippen molar-refractivity contribution in [2.45, 2.75) is 31.3 Å². The molecule has 0 saturated carbocycles. The molecule has 28 heavy (non-hydrogen) atoms. The van der Waals surface area contributed by atoms with Gasteiger partial charge in [0.2, 0.25) is 0 Å². The molecule has 0 spiro atoms. The molecule has 2 unspecified atom stereocenters. The molecule has 146 valence electrons. The van der Waals surface area contributed by atoms with E-state index in [4.69, 9.17) is 21.1 Å². The minimum Gasteiger partial charge on any atom is -0.456 e. The Morgan fingerprint density at radius 1 is 1.25 bits per heavy atom. The predicted octanol–water partition coefficient (Wildman–Crippen LogP) is 5.27. The SMILES string of the molecule is CC1(Cn2cncn2)OC1c1ccc(Oc2ccccc2Cl)cc1C(F)(F)F. The first kappa shape index (κ1) is 18.8. The standard InChI is InChI=1S/C19H15ClF3N3O2/c1-18(9-26-11-24-10-25-26)17(28-18)13-7-6-12(8-14(13)19(21,22)23)27-16-5-3-2-4-15(16)20/h2-8,10-11,17H,9H2,1H3. The summed E-state index contributed by atoms with van der Waals surface area (Å²) in [7, 11) is 0. The van der Waals surface area contributed by atoms with Crippen LogP contribution in [0.5, 0.6) is 11.5 Å². The topological polar surface area (TPSA) is 52.5 Å². The third kappa shape index (κ3) is 3.70. The molecule has 5 nitrogen and oxygen atoms in total. The molecule has 0 N–H and O–H groups in total. The Hall–Kier alpha value is -2.58. The monoisotopic (exact) mass is 409 g/mol. The van der Waals surface area contributed by atoms with Gasteiger partial charge in [-0.1, -0.05) is 29.8 Å². The number of alkyl halides is 3. The van der Waals surface area contributed by atoms with Crippen molar-refractivity contribution in [1.29, 1.82) is 0 Å². The van der Waals surface area contributed by atoms with Crippen molar-refractivity contribution in [3.8, 4) is 11.5 Å². The van der Waals surface area contributed by atoms with E-state index in [1.807, 2.05) is 0 Å². The highest BCUT2D eigenvalue weighted by Crippen LogP contribution is 2.53. The van der Waals surface area contributed by atoms with Gasteiger partial charge in [-0.25, -0.2) is 9.67 Å². The van der Waals surface area contributed by atoms with Crippen molar-refractivity contribution >= 4 is 11.6 Å². The Morgan fingerprint density at radius 3 is 2.71 bits per heavy atom. The van der Waals surface area contributed by atoms with Crippen LogP contribution in [0.3, 0.4) is 0 Å². The van der Waals surface area contributed by atoms with E-state index in [0.717, 1.165) is 6.07 Å². The second-order valence-electron chi connectivity index (χ2n) is 6.68. The van der Waals surface area contributed by atoms with Gasteiger partial charge < -0.3 is 9.47 Å². The fourth-order valence-corrected chi connectivity index (χ4v) is 3.29. The molecule has 0 amide bonds. The van der Waals surface area contributed by atoms with E-state index in [9.17, 15) is 13.2 Å².